The lowest BCUT2D eigenvalue weighted by Gasteiger charge is -2.20. The molecule has 1 amide bonds. The fraction of sp³-hybridized carbons (Fsp3) is 0.533. The minimum atomic E-state index is -0.0173. The molecular formula is C15H21ClN2O2. The van der Waals surface area contributed by atoms with Gasteiger partial charge in [0.05, 0.1) is 18.7 Å². The van der Waals surface area contributed by atoms with E-state index in [1.165, 1.54) is 0 Å². The lowest BCUT2D eigenvalue weighted by molar-refractivity contribution is -0.123. The first-order valence-corrected chi connectivity index (χ1v) is 7.10. The SMILES string of the molecule is Cl.O=C(NC1CCCOc2ccccc21)C1CCCN1. The van der Waals surface area contributed by atoms with Gasteiger partial charge < -0.3 is 15.4 Å². The van der Waals surface area contributed by atoms with Crippen molar-refractivity contribution in [1.29, 1.82) is 0 Å². The molecule has 3 rings (SSSR count). The Kier molecular flexibility index (Phi) is 5.26. The monoisotopic (exact) mass is 296 g/mol. The number of rotatable bonds is 2. The number of benzene rings is 1. The summed E-state index contributed by atoms with van der Waals surface area (Å²) < 4.78 is 5.72. The first-order valence-electron chi connectivity index (χ1n) is 7.10. The van der Waals surface area contributed by atoms with Crippen LogP contribution in [0.2, 0.25) is 0 Å². The van der Waals surface area contributed by atoms with Gasteiger partial charge in [-0.05, 0) is 38.3 Å². The maximum atomic E-state index is 12.2. The van der Waals surface area contributed by atoms with Gasteiger partial charge in [0.1, 0.15) is 5.75 Å². The van der Waals surface area contributed by atoms with Gasteiger partial charge in [0.25, 0.3) is 0 Å². The second-order valence-corrected chi connectivity index (χ2v) is 5.24. The minimum Gasteiger partial charge on any atom is -0.493 e. The van der Waals surface area contributed by atoms with E-state index in [-0.39, 0.29) is 30.4 Å². The molecular weight excluding hydrogens is 276 g/mol. The fourth-order valence-corrected chi connectivity index (χ4v) is 2.86. The summed E-state index contributed by atoms with van der Waals surface area (Å²) in [7, 11) is 0. The molecule has 0 saturated carbocycles. The van der Waals surface area contributed by atoms with E-state index in [1.54, 1.807) is 0 Å². The standard InChI is InChI=1S/C15H20N2O2.ClH/c18-15(13-6-3-9-16-13)17-12-7-4-10-19-14-8-2-1-5-11(12)14;/h1-2,5,8,12-13,16H,3-4,6-7,9-10H2,(H,17,18);1H. The minimum absolute atomic E-state index is 0. The van der Waals surface area contributed by atoms with E-state index in [4.69, 9.17) is 4.74 Å². The number of halogens is 1. The van der Waals surface area contributed by atoms with Crippen molar-refractivity contribution in [3.8, 4) is 5.75 Å². The lowest BCUT2D eigenvalue weighted by atomic mass is 10.0. The lowest BCUT2D eigenvalue weighted by Crippen LogP contribution is -2.42. The van der Waals surface area contributed by atoms with E-state index in [1.807, 2.05) is 24.3 Å². The van der Waals surface area contributed by atoms with Crippen LogP contribution >= 0.6 is 12.4 Å². The zero-order valence-corrected chi connectivity index (χ0v) is 12.2. The Bertz CT molecular complexity index is 461. The van der Waals surface area contributed by atoms with Crippen LogP contribution in [-0.4, -0.2) is 25.1 Å². The summed E-state index contributed by atoms with van der Waals surface area (Å²) in [6.45, 7) is 1.67. The van der Waals surface area contributed by atoms with E-state index in [0.29, 0.717) is 0 Å². The third-order valence-corrected chi connectivity index (χ3v) is 3.88. The molecule has 2 aliphatic heterocycles. The van der Waals surface area contributed by atoms with Crippen molar-refractivity contribution >= 4 is 18.3 Å². The summed E-state index contributed by atoms with van der Waals surface area (Å²) in [5.74, 6) is 1.03. The Balaban J connectivity index is 0.00000147. The van der Waals surface area contributed by atoms with Crippen molar-refractivity contribution in [2.24, 2.45) is 0 Å². The second-order valence-electron chi connectivity index (χ2n) is 5.24. The van der Waals surface area contributed by atoms with E-state index >= 15 is 0 Å². The number of carbonyl (C=O) groups excluding carboxylic acids is 1. The number of para-hydroxylation sites is 1. The number of hydrogen-bond donors (Lipinski definition) is 2. The molecule has 2 heterocycles. The van der Waals surface area contributed by atoms with Gasteiger partial charge >= 0.3 is 0 Å². The van der Waals surface area contributed by atoms with Crippen LogP contribution in [0.25, 0.3) is 0 Å². The Labute approximate surface area is 125 Å². The summed E-state index contributed by atoms with van der Waals surface area (Å²) in [6.07, 6.45) is 3.94. The highest BCUT2D eigenvalue weighted by molar-refractivity contribution is 5.85. The molecule has 0 spiro atoms. The molecule has 2 unspecified atom stereocenters. The molecule has 1 saturated heterocycles. The molecule has 110 valence electrons. The van der Waals surface area contributed by atoms with E-state index < -0.39 is 0 Å². The van der Waals surface area contributed by atoms with Gasteiger partial charge in [0.2, 0.25) is 5.91 Å². The molecule has 20 heavy (non-hydrogen) atoms. The first-order chi connectivity index (χ1) is 9.34. The maximum absolute atomic E-state index is 12.2. The van der Waals surface area contributed by atoms with Crippen LogP contribution < -0.4 is 15.4 Å². The highest BCUT2D eigenvalue weighted by Crippen LogP contribution is 2.31. The summed E-state index contributed by atoms with van der Waals surface area (Å²) in [5.41, 5.74) is 1.10. The van der Waals surface area contributed by atoms with Gasteiger partial charge in [0, 0.05) is 5.56 Å². The average molecular weight is 297 g/mol. The molecule has 0 radical (unpaired) electrons. The molecule has 2 aliphatic rings. The zero-order valence-electron chi connectivity index (χ0n) is 11.4. The Morgan fingerprint density at radius 1 is 1.25 bits per heavy atom. The van der Waals surface area contributed by atoms with Crippen molar-refractivity contribution < 1.29 is 9.53 Å². The normalized spacial score (nSPS) is 24.8. The number of ether oxygens (including phenoxy) is 1. The molecule has 2 atom stereocenters. The van der Waals surface area contributed by atoms with Gasteiger partial charge in [-0.2, -0.15) is 0 Å². The van der Waals surface area contributed by atoms with Gasteiger partial charge in [-0.3, -0.25) is 4.79 Å². The summed E-state index contributed by atoms with van der Waals surface area (Å²) in [4.78, 5) is 12.2. The van der Waals surface area contributed by atoms with Crippen LogP contribution in [0.5, 0.6) is 5.75 Å². The Morgan fingerprint density at radius 3 is 2.90 bits per heavy atom. The van der Waals surface area contributed by atoms with Gasteiger partial charge in [-0.15, -0.1) is 12.4 Å². The van der Waals surface area contributed by atoms with E-state index in [0.717, 1.165) is 50.1 Å². The van der Waals surface area contributed by atoms with Gasteiger partial charge in [-0.1, -0.05) is 18.2 Å². The quantitative estimate of drug-likeness (QED) is 0.879. The molecule has 1 aromatic rings. The van der Waals surface area contributed by atoms with E-state index in [2.05, 4.69) is 10.6 Å². The van der Waals surface area contributed by atoms with Gasteiger partial charge in [0.15, 0.2) is 0 Å². The first kappa shape index (κ1) is 15.1. The highest BCUT2D eigenvalue weighted by atomic mass is 35.5. The molecule has 0 aromatic heterocycles. The number of amides is 1. The smallest absolute Gasteiger partial charge is 0.237 e. The maximum Gasteiger partial charge on any atom is 0.237 e. The van der Waals surface area contributed by atoms with Crippen LogP contribution in [-0.2, 0) is 4.79 Å². The van der Waals surface area contributed by atoms with Crippen molar-refractivity contribution in [2.75, 3.05) is 13.2 Å². The zero-order chi connectivity index (χ0) is 13.1. The largest absolute Gasteiger partial charge is 0.493 e. The number of fused-ring (bicyclic) bond motifs is 1. The van der Waals surface area contributed by atoms with Crippen LogP contribution in [0, 0.1) is 0 Å². The molecule has 0 bridgehead atoms. The summed E-state index contributed by atoms with van der Waals surface area (Å²) in [5, 5.41) is 6.42. The van der Waals surface area contributed by atoms with Gasteiger partial charge in [-0.25, -0.2) is 0 Å². The summed E-state index contributed by atoms with van der Waals surface area (Å²) >= 11 is 0. The van der Waals surface area contributed by atoms with Crippen molar-refractivity contribution in [2.45, 2.75) is 37.8 Å². The topological polar surface area (TPSA) is 50.4 Å². The predicted octanol–water partition coefficient (Wildman–Crippen LogP) is 2.19. The molecule has 2 N–H and O–H groups in total. The van der Waals surface area contributed by atoms with E-state index in [9.17, 15) is 4.79 Å². The second kappa shape index (κ2) is 6.95. The molecule has 1 fully saturated rings. The molecule has 5 heteroatoms. The third-order valence-electron chi connectivity index (χ3n) is 3.88. The molecule has 4 nitrogen and oxygen atoms in total. The van der Waals surface area contributed by atoms with Crippen LogP contribution in [0.3, 0.4) is 0 Å². The van der Waals surface area contributed by atoms with Crippen molar-refractivity contribution in [1.82, 2.24) is 10.6 Å². The van der Waals surface area contributed by atoms with Crippen molar-refractivity contribution in [3.05, 3.63) is 29.8 Å². The Morgan fingerprint density at radius 2 is 2.10 bits per heavy atom. The average Bonchev–Trinajstić information content (AvgIpc) is 2.90. The fourth-order valence-electron chi connectivity index (χ4n) is 2.86. The number of nitrogens with one attached hydrogen (secondary N) is 2. The van der Waals surface area contributed by atoms with Crippen LogP contribution in [0.4, 0.5) is 0 Å². The molecule has 0 aliphatic carbocycles. The third kappa shape index (κ3) is 3.25. The summed E-state index contributed by atoms with van der Waals surface area (Å²) in [6, 6.07) is 8.06. The number of carbonyl (C=O) groups is 1. The van der Waals surface area contributed by atoms with Crippen LogP contribution in [0.1, 0.15) is 37.3 Å². The predicted molar refractivity (Wildman–Crippen MR) is 80.3 cm³/mol. The molecule has 1 aromatic carbocycles. The van der Waals surface area contributed by atoms with Crippen molar-refractivity contribution in [3.63, 3.8) is 0 Å². The highest BCUT2D eigenvalue weighted by Gasteiger charge is 2.26. The number of hydrogen-bond acceptors (Lipinski definition) is 3. The van der Waals surface area contributed by atoms with Crippen LogP contribution in [0.15, 0.2) is 24.3 Å². The Hall–Kier alpha value is -1.26.